The molecule has 0 aliphatic carbocycles. The number of amides is 3. The molecule has 0 bridgehead atoms. The lowest BCUT2D eigenvalue weighted by atomic mass is 10.0. The van der Waals surface area contributed by atoms with Crippen molar-refractivity contribution >= 4 is 33.2 Å². The summed E-state index contributed by atoms with van der Waals surface area (Å²) in [5.74, 6) is -2.86. The van der Waals surface area contributed by atoms with Gasteiger partial charge in [0.25, 0.3) is 11.8 Å². The Kier molecular flexibility index (Phi) is 5.76. The maximum absolute atomic E-state index is 14.2. The molecule has 0 fully saturated rings. The van der Waals surface area contributed by atoms with E-state index in [0.29, 0.717) is 0 Å². The van der Waals surface area contributed by atoms with E-state index in [1.54, 1.807) is 12.1 Å². The van der Waals surface area contributed by atoms with Crippen LogP contribution in [0.2, 0.25) is 0 Å². The molecular formula is C21H21FN2O5S. The van der Waals surface area contributed by atoms with Gasteiger partial charge in [-0.1, -0.05) is 26.0 Å². The van der Waals surface area contributed by atoms with E-state index < -0.39 is 39.4 Å². The van der Waals surface area contributed by atoms with Gasteiger partial charge in [-0.25, -0.2) is 12.8 Å². The molecule has 3 rings (SSSR count). The van der Waals surface area contributed by atoms with Crippen LogP contribution in [0.3, 0.4) is 0 Å². The highest BCUT2D eigenvalue weighted by molar-refractivity contribution is 7.90. The number of fused-ring (bicyclic) bond motifs is 1. The Bertz CT molecular complexity index is 1110. The number of hydrogen-bond donors (Lipinski definition) is 1. The zero-order chi connectivity index (χ0) is 22.2. The van der Waals surface area contributed by atoms with Crippen LogP contribution in [0.15, 0.2) is 47.4 Å². The van der Waals surface area contributed by atoms with Gasteiger partial charge in [0.2, 0.25) is 5.91 Å². The van der Waals surface area contributed by atoms with E-state index >= 15 is 0 Å². The molecule has 1 atom stereocenters. The number of sulfone groups is 1. The quantitative estimate of drug-likeness (QED) is 0.559. The summed E-state index contributed by atoms with van der Waals surface area (Å²) in [4.78, 5) is 39.4. The lowest BCUT2D eigenvalue weighted by molar-refractivity contribution is -0.120. The van der Waals surface area contributed by atoms with Crippen molar-refractivity contribution in [1.29, 1.82) is 0 Å². The van der Waals surface area contributed by atoms with E-state index in [-0.39, 0.29) is 34.0 Å². The number of nitrogens with one attached hydrogen (secondary N) is 1. The molecule has 1 aliphatic heterocycles. The van der Waals surface area contributed by atoms with Crippen LogP contribution < -0.4 is 5.32 Å². The van der Waals surface area contributed by atoms with Crippen LogP contribution in [0.5, 0.6) is 0 Å². The lowest BCUT2D eigenvalue weighted by Crippen LogP contribution is -2.48. The van der Waals surface area contributed by atoms with Crippen molar-refractivity contribution < 1.29 is 27.2 Å². The molecule has 1 N–H and O–H groups in total. The Hall–Kier alpha value is -3.07. The van der Waals surface area contributed by atoms with Crippen molar-refractivity contribution in [3.8, 4) is 0 Å². The summed E-state index contributed by atoms with van der Waals surface area (Å²) >= 11 is 0. The third kappa shape index (κ3) is 4.11. The molecule has 0 saturated heterocycles. The van der Waals surface area contributed by atoms with Crippen LogP contribution in [0.4, 0.5) is 10.1 Å². The molecular weight excluding hydrogens is 411 g/mol. The molecule has 0 radical (unpaired) electrons. The monoisotopic (exact) mass is 432 g/mol. The zero-order valence-electron chi connectivity index (χ0n) is 16.7. The summed E-state index contributed by atoms with van der Waals surface area (Å²) in [5, 5.41) is 2.35. The largest absolute Gasteiger partial charge is 0.322 e. The van der Waals surface area contributed by atoms with Gasteiger partial charge in [-0.15, -0.1) is 0 Å². The first-order valence-corrected chi connectivity index (χ1v) is 11.2. The Morgan fingerprint density at radius 2 is 1.63 bits per heavy atom. The van der Waals surface area contributed by atoms with E-state index in [1.165, 1.54) is 12.1 Å². The Morgan fingerprint density at radius 3 is 2.13 bits per heavy atom. The van der Waals surface area contributed by atoms with Gasteiger partial charge in [-0.3, -0.25) is 19.3 Å². The SMILES string of the molecule is CC(C)CC(C(=O)Nc1cc(S(C)(=O)=O)ccc1F)N1C(=O)c2ccccc2C1=O. The molecule has 0 aromatic heterocycles. The minimum absolute atomic E-state index is 0.0581. The van der Waals surface area contributed by atoms with E-state index in [9.17, 15) is 27.2 Å². The van der Waals surface area contributed by atoms with Crippen molar-refractivity contribution in [2.45, 2.75) is 31.2 Å². The minimum Gasteiger partial charge on any atom is -0.322 e. The molecule has 3 amide bonds. The standard InChI is InChI=1S/C21H21FN2O5S/c1-12(2)10-18(24-20(26)14-6-4-5-7-15(14)21(24)27)19(25)23-17-11-13(30(3,28)29)8-9-16(17)22/h4-9,11-12,18H,10H2,1-3H3,(H,23,25). The number of hydrogen-bond acceptors (Lipinski definition) is 5. The summed E-state index contributed by atoms with van der Waals surface area (Å²) in [6.07, 6.45) is 1.12. The second-order valence-electron chi connectivity index (χ2n) is 7.57. The van der Waals surface area contributed by atoms with Crippen molar-refractivity contribution in [2.75, 3.05) is 11.6 Å². The van der Waals surface area contributed by atoms with Crippen molar-refractivity contribution in [2.24, 2.45) is 5.92 Å². The van der Waals surface area contributed by atoms with Crippen LogP contribution in [-0.4, -0.2) is 43.3 Å². The number of anilines is 1. The van der Waals surface area contributed by atoms with E-state index in [0.717, 1.165) is 29.4 Å². The number of nitrogens with zero attached hydrogens (tertiary/aromatic N) is 1. The number of carbonyl (C=O) groups is 3. The molecule has 2 aromatic rings. The fraction of sp³-hybridized carbons (Fsp3) is 0.286. The van der Waals surface area contributed by atoms with Gasteiger partial charge in [0.1, 0.15) is 11.9 Å². The lowest BCUT2D eigenvalue weighted by Gasteiger charge is -2.27. The number of imide groups is 1. The van der Waals surface area contributed by atoms with E-state index in [4.69, 9.17) is 0 Å². The fourth-order valence-corrected chi connectivity index (χ4v) is 3.96. The predicted octanol–water partition coefficient (Wildman–Crippen LogP) is 2.88. The molecule has 0 spiro atoms. The molecule has 1 unspecified atom stereocenters. The second kappa shape index (κ2) is 7.98. The van der Waals surface area contributed by atoms with Gasteiger partial charge in [-0.2, -0.15) is 0 Å². The predicted molar refractivity (Wildman–Crippen MR) is 108 cm³/mol. The van der Waals surface area contributed by atoms with Gasteiger partial charge >= 0.3 is 0 Å². The van der Waals surface area contributed by atoms with E-state index in [2.05, 4.69) is 5.32 Å². The van der Waals surface area contributed by atoms with Crippen molar-refractivity contribution in [3.63, 3.8) is 0 Å². The molecule has 7 nitrogen and oxygen atoms in total. The summed E-state index contributed by atoms with van der Waals surface area (Å²) in [7, 11) is -3.62. The summed E-state index contributed by atoms with van der Waals surface area (Å²) in [5.41, 5.74) is 0.0666. The molecule has 9 heteroatoms. The molecule has 158 valence electrons. The smallest absolute Gasteiger partial charge is 0.262 e. The number of benzene rings is 2. The normalized spacial score (nSPS) is 14.8. The highest BCUT2D eigenvalue weighted by atomic mass is 32.2. The van der Waals surface area contributed by atoms with Crippen LogP contribution in [0, 0.1) is 11.7 Å². The van der Waals surface area contributed by atoms with Crippen LogP contribution >= 0.6 is 0 Å². The summed E-state index contributed by atoms with van der Waals surface area (Å²) in [6, 6.07) is 8.12. The maximum Gasteiger partial charge on any atom is 0.262 e. The zero-order valence-corrected chi connectivity index (χ0v) is 17.5. The van der Waals surface area contributed by atoms with Crippen LogP contribution in [0.25, 0.3) is 0 Å². The molecule has 1 heterocycles. The average Bonchev–Trinajstić information content (AvgIpc) is 2.91. The van der Waals surface area contributed by atoms with Gasteiger partial charge in [-0.05, 0) is 42.7 Å². The first kappa shape index (κ1) is 21.6. The Morgan fingerprint density at radius 1 is 1.07 bits per heavy atom. The molecule has 30 heavy (non-hydrogen) atoms. The summed E-state index contributed by atoms with van der Waals surface area (Å²) in [6.45, 7) is 3.65. The minimum atomic E-state index is -3.62. The van der Waals surface area contributed by atoms with Crippen LogP contribution in [0.1, 0.15) is 41.0 Å². The number of halogens is 1. The van der Waals surface area contributed by atoms with Gasteiger partial charge in [0.15, 0.2) is 9.84 Å². The first-order valence-electron chi connectivity index (χ1n) is 9.28. The third-order valence-corrected chi connectivity index (χ3v) is 5.87. The Balaban J connectivity index is 1.95. The average molecular weight is 432 g/mol. The highest BCUT2D eigenvalue weighted by Gasteiger charge is 2.42. The van der Waals surface area contributed by atoms with Crippen molar-refractivity contribution in [3.05, 3.63) is 59.4 Å². The molecule has 1 aliphatic rings. The first-order chi connectivity index (χ1) is 14.0. The molecule has 2 aromatic carbocycles. The van der Waals surface area contributed by atoms with Crippen molar-refractivity contribution in [1.82, 2.24) is 4.90 Å². The van der Waals surface area contributed by atoms with Gasteiger partial charge < -0.3 is 5.32 Å². The third-order valence-electron chi connectivity index (χ3n) is 4.76. The second-order valence-corrected chi connectivity index (χ2v) is 9.59. The highest BCUT2D eigenvalue weighted by Crippen LogP contribution is 2.28. The fourth-order valence-electron chi connectivity index (χ4n) is 3.31. The van der Waals surface area contributed by atoms with Crippen LogP contribution in [-0.2, 0) is 14.6 Å². The Labute approximate surface area is 173 Å². The maximum atomic E-state index is 14.2. The number of carbonyl (C=O) groups excluding carboxylic acids is 3. The summed E-state index contributed by atoms with van der Waals surface area (Å²) < 4.78 is 37.7. The topological polar surface area (TPSA) is 101 Å². The molecule has 0 saturated carbocycles. The van der Waals surface area contributed by atoms with Gasteiger partial charge in [0.05, 0.1) is 21.7 Å². The van der Waals surface area contributed by atoms with E-state index in [1.807, 2.05) is 13.8 Å². The number of rotatable bonds is 6. The van der Waals surface area contributed by atoms with Gasteiger partial charge in [0, 0.05) is 6.26 Å².